The highest BCUT2D eigenvalue weighted by Gasteiger charge is 2.18. The molecule has 0 fully saturated rings. The van der Waals surface area contributed by atoms with Crippen molar-refractivity contribution in [3.8, 4) is 0 Å². The van der Waals surface area contributed by atoms with Crippen LogP contribution in [0.15, 0.2) is 42.6 Å². The van der Waals surface area contributed by atoms with Crippen molar-refractivity contribution in [2.75, 3.05) is 0 Å². The third-order valence-corrected chi connectivity index (χ3v) is 5.12. The molecule has 2 N–H and O–H groups in total. The number of aryl methyl sites for hydroxylation is 2. The van der Waals surface area contributed by atoms with Crippen LogP contribution >= 0.6 is 0 Å². The lowest BCUT2D eigenvalue weighted by atomic mass is 9.89. The molecule has 25 heavy (non-hydrogen) atoms. The number of carbonyl (C=O) groups excluding carboxylic acids is 1. The number of aromatic amines is 1. The van der Waals surface area contributed by atoms with Crippen LogP contribution < -0.4 is 5.32 Å². The molecule has 1 atom stereocenters. The Morgan fingerprint density at radius 1 is 1.20 bits per heavy atom. The number of H-pyrrole nitrogens is 1. The number of carbonyl (C=O) groups is 1. The maximum absolute atomic E-state index is 12.7. The molecule has 2 heterocycles. The minimum Gasteiger partial charge on any atom is -0.349 e. The largest absolute Gasteiger partial charge is 0.349 e. The molecule has 4 nitrogen and oxygen atoms in total. The van der Waals surface area contributed by atoms with Crippen molar-refractivity contribution in [2.45, 2.75) is 45.1 Å². The summed E-state index contributed by atoms with van der Waals surface area (Å²) in [6.07, 6.45) is 7.49. The van der Waals surface area contributed by atoms with E-state index in [9.17, 15) is 4.79 Å². The summed E-state index contributed by atoms with van der Waals surface area (Å²) in [6.45, 7) is 2.11. The van der Waals surface area contributed by atoms with Gasteiger partial charge in [0.25, 0.3) is 5.91 Å². The molecular weight excluding hydrogens is 310 g/mol. The molecule has 2 aromatic heterocycles. The van der Waals surface area contributed by atoms with Gasteiger partial charge in [0.15, 0.2) is 0 Å². The molecule has 0 bridgehead atoms. The summed E-state index contributed by atoms with van der Waals surface area (Å²) in [5.74, 6) is -0.0810. The maximum Gasteiger partial charge on any atom is 0.268 e. The number of benzene rings is 1. The van der Waals surface area contributed by atoms with E-state index in [2.05, 4.69) is 40.4 Å². The molecule has 4 rings (SSSR count). The van der Waals surface area contributed by atoms with Crippen LogP contribution in [0.1, 0.15) is 59.4 Å². The zero-order valence-electron chi connectivity index (χ0n) is 14.5. The Bertz CT molecular complexity index is 879. The molecule has 1 aliphatic carbocycles. The lowest BCUT2D eigenvalue weighted by molar-refractivity contribution is 0.0931. The zero-order chi connectivity index (χ0) is 17.2. The normalized spacial score (nSPS) is 14.9. The van der Waals surface area contributed by atoms with Gasteiger partial charge in [0, 0.05) is 6.20 Å². The van der Waals surface area contributed by atoms with Crippen molar-refractivity contribution in [2.24, 2.45) is 0 Å². The number of hydrogen-bond acceptors (Lipinski definition) is 2. The van der Waals surface area contributed by atoms with Crippen molar-refractivity contribution < 1.29 is 4.79 Å². The van der Waals surface area contributed by atoms with Gasteiger partial charge in [0.1, 0.15) is 5.69 Å². The summed E-state index contributed by atoms with van der Waals surface area (Å²) < 4.78 is 0. The molecule has 4 heteroatoms. The molecule has 128 valence electrons. The molecule has 0 spiro atoms. The van der Waals surface area contributed by atoms with Gasteiger partial charge in [0.05, 0.1) is 17.1 Å². The van der Waals surface area contributed by atoms with Gasteiger partial charge in [-0.2, -0.15) is 0 Å². The predicted molar refractivity (Wildman–Crippen MR) is 99.7 cm³/mol. The minimum atomic E-state index is -0.0810. The predicted octanol–water partition coefficient (Wildman–Crippen LogP) is 4.32. The van der Waals surface area contributed by atoms with Crippen molar-refractivity contribution in [1.82, 2.24) is 15.3 Å². The van der Waals surface area contributed by atoms with Gasteiger partial charge in [-0.25, -0.2) is 0 Å². The van der Waals surface area contributed by atoms with Gasteiger partial charge in [-0.3, -0.25) is 9.78 Å². The van der Waals surface area contributed by atoms with Gasteiger partial charge in [0.2, 0.25) is 0 Å². The van der Waals surface area contributed by atoms with Crippen LogP contribution in [0.25, 0.3) is 11.0 Å². The quantitative estimate of drug-likeness (QED) is 0.747. The van der Waals surface area contributed by atoms with E-state index < -0.39 is 0 Å². The Morgan fingerprint density at radius 3 is 2.84 bits per heavy atom. The second-order valence-electron chi connectivity index (χ2n) is 6.79. The first-order valence-corrected chi connectivity index (χ1v) is 9.11. The second-order valence-corrected chi connectivity index (χ2v) is 6.79. The fourth-order valence-electron chi connectivity index (χ4n) is 3.71. The maximum atomic E-state index is 12.7. The number of aromatic nitrogens is 2. The lowest BCUT2D eigenvalue weighted by Crippen LogP contribution is -2.28. The summed E-state index contributed by atoms with van der Waals surface area (Å²) in [6, 6.07) is 12.3. The van der Waals surface area contributed by atoms with E-state index in [0.717, 1.165) is 23.9 Å². The van der Waals surface area contributed by atoms with E-state index in [0.29, 0.717) is 5.69 Å². The third-order valence-electron chi connectivity index (χ3n) is 5.12. The molecule has 0 aliphatic heterocycles. The van der Waals surface area contributed by atoms with Gasteiger partial charge in [-0.1, -0.05) is 25.1 Å². The number of nitrogens with zero attached hydrogens (tertiary/aromatic N) is 1. The van der Waals surface area contributed by atoms with Gasteiger partial charge < -0.3 is 10.3 Å². The van der Waals surface area contributed by atoms with Crippen molar-refractivity contribution in [3.05, 3.63) is 65.0 Å². The van der Waals surface area contributed by atoms with Gasteiger partial charge >= 0.3 is 0 Å². The number of hydrogen-bond donors (Lipinski definition) is 2. The molecule has 0 radical (unpaired) electrons. The Balaban J connectivity index is 1.56. The average molecular weight is 333 g/mol. The van der Waals surface area contributed by atoms with Crippen LogP contribution in [0.5, 0.6) is 0 Å². The average Bonchev–Trinajstić information content (AvgIpc) is 3.10. The van der Waals surface area contributed by atoms with E-state index in [4.69, 9.17) is 0 Å². The first-order chi connectivity index (χ1) is 12.2. The Morgan fingerprint density at radius 2 is 2.04 bits per heavy atom. The Kier molecular flexibility index (Phi) is 4.26. The van der Waals surface area contributed by atoms with E-state index >= 15 is 0 Å². The van der Waals surface area contributed by atoms with E-state index in [1.165, 1.54) is 36.0 Å². The minimum absolute atomic E-state index is 0.0269. The molecule has 1 unspecified atom stereocenters. The van der Waals surface area contributed by atoms with Gasteiger partial charge in [-0.05, 0) is 67.0 Å². The molecular formula is C21H23N3O. The standard InChI is InChI=1S/C21H23N3O/c1-2-17(16-10-9-14-6-3-4-7-15(14)12-16)24-21(25)20-13-19-18(23-20)8-5-11-22-19/h5,8-13,17,23H,2-4,6-7H2,1H3,(H,24,25). The molecule has 0 saturated carbocycles. The summed E-state index contributed by atoms with van der Waals surface area (Å²) >= 11 is 0. The van der Waals surface area contributed by atoms with Gasteiger partial charge in [-0.15, -0.1) is 0 Å². The first-order valence-electron chi connectivity index (χ1n) is 9.11. The smallest absolute Gasteiger partial charge is 0.268 e. The third kappa shape index (κ3) is 3.16. The van der Waals surface area contributed by atoms with Crippen molar-refractivity contribution in [1.29, 1.82) is 0 Å². The number of pyridine rings is 1. The Hall–Kier alpha value is -2.62. The van der Waals surface area contributed by atoms with Crippen molar-refractivity contribution >= 4 is 16.9 Å². The second kappa shape index (κ2) is 6.71. The van der Waals surface area contributed by atoms with Crippen LogP contribution in [-0.2, 0) is 12.8 Å². The number of rotatable bonds is 4. The highest BCUT2D eigenvalue weighted by Crippen LogP contribution is 2.26. The Labute approximate surface area is 147 Å². The number of amides is 1. The van der Waals surface area contributed by atoms with Crippen LogP contribution in [0.2, 0.25) is 0 Å². The van der Waals surface area contributed by atoms with Crippen LogP contribution in [0, 0.1) is 0 Å². The van der Waals surface area contributed by atoms with Crippen molar-refractivity contribution in [3.63, 3.8) is 0 Å². The fourth-order valence-corrected chi connectivity index (χ4v) is 3.71. The number of fused-ring (bicyclic) bond motifs is 2. The molecule has 1 aliphatic rings. The van der Waals surface area contributed by atoms with E-state index in [1.807, 2.05) is 18.2 Å². The number of nitrogens with one attached hydrogen (secondary N) is 2. The topological polar surface area (TPSA) is 57.8 Å². The monoisotopic (exact) mass is 333 g/mol. The SMILES string of the molecule is CCC(NC(=O)c1cc2ncccc2[nH]1)c1ccc2c(c1)CCCC2. The summed E-state index contributed by atoms with van der Waals surface area (Å²) in [7, 11) is 0. The molecule has 1 aromatic carbocycles. The summed E-state index contributed by atoms with van der Waals surface area (Å²) in [5, 5.41) is 3.17. The van der Waals surface area contributed by atoms with Crippen LogP contribution in [0.4, 0.5) is 0 Å². The first kappa shape index (κ1) is 15.9. The molecule has 1 amide bonds. The molecule has 3 aromatic rings. The summed E-state index contributed by atoms with van der Waals surface area (Å²) in [4.78, 5) is 20.1. The lowest BCUT2D eigenvalue weighted by Gasteiger charge is -2.21. The highest BCUT2D eigenvalue weighted by atomic mass is 16.1. The van der Waals surface area contributed by atoms with Crippen LogP contribution in [0.3, 0.4) is 0 Å². The van der Waals surface area contributed by atoms with E-state index in [-0.39, 0.29) is 11.9 Å². The summed E-state index contributed by atoms with van der Waals surface area (Å²) in [5.41, 5.74) is 6.38. The molecule has 0 saturated heterocycles. The van der Waals surface area contributed by atoms with Crippen LogP contribution in [-0.4, -0.2) is 15.9 Å². The van der Waals surface area contributed by atoms with E-state index in [1.54, 1.807) is 6.20 Å². The highest BCUT2D eigenvalue weighted by molar-refractivity contribution is 5.97. The fraction of sp³-hybridized carbons (Fsp3) is 0.333. The zero-order valence-corrected chi connectivity index (χ0v) is 14.5.